The van der Waals surface area contributed by atoms with Gasteiger partial charge in [0.2, 0.25) is 5.91 Å². The molecule has 38 heavy (non-hydrogen) atoms. The van der Waals surface area contributed by atoms with Crippen molar-refractivity contribution in [2.24, 2.45) is 0 Å². The molecule has 2 heterocycles. The van der Waals surface area contributed by atoms with Crippen LogP contribution in [0.15, 0.2) is 59.5 Å². The van der Waals surface area contributed by atoms with Gasteiger partial charge in [-0.25, -0.2) is 4.98 Å². The fourth-order valence-electron chi connectivity index (χ4n) is 4.50. The van der Waals surface area contributed by atoms with Crippen molar-refractivity contribution in [2.75, 3.05) is 32.1 Å². The van der Waals surface area contributed by atoms with Gasteiger partial charge in [0.15, 0.2) is 5.82 Å². The molecular formula is C28H33Cl2N5O3. The first kappa shape index (κ1) is 28.0. The molecule has 1 aliphatic heterocycles. The van der Waals surface area contributed by atoms with Gasteiger partial charge in [-0.1, -0.05) is 53.5 Å². The van der Waals surface area contributed by atoms with E-state index in [1.165, 1.54) is 10.8 Å². The summed E-state index contributed by atoms with van der Waals surface area (Å²) in [4.78, 5) is 32.7. The van der Waals surface area contributed by atoms with Crippen LogP contribution < -0.4 is 20.9 Å². The molecule has 0 saturated carbocycles. The number of ether oxygens (including phenoxy) is 1. The lowest BCUT2D eigenvalue weighted by Gasteiger charge is -2.26. The molecule has 1 atom stereocenters. The Labute approximate surface area is 232 Å². The van der Waals surface area contributed by atoms with Crippen LogP contribution >= 0.6 is 23.2 Å². The number of carbonyl (C=O) groups excluding carboxylic acids is 1. The molecule has 0 unspecified atom stereocenters. The van der Waals surface area contributed by atoms with Crippen LogP contribution in [0, 0.1) is 0 Å². The van der Waals surface area contributed by atoms with Gasteiger partial charge in [0.25, 0.3) is 5.56 Å². The molecule has 0 fully saturated rings. The van der Waals surface area contributed by atoms with Crippen molar-refractivity contribution in [3.63, 3.8) is 0 Å². The fourth-order valence-corrected chi connectivity index (χ4v) is 4.88. The molecule has 0 aliphatic carbocycles. The quantitative estimate of drug-likeness (QED) is 0.486. The predicted octanol–water partition coefficient (Wildman–Crippen LogP) is 4.38. The van der Waals surface area contributed by atoms with Gasteiger partial charge in [-0.3, -0.25) is 14.2 Å². The van der Waals surface area contributed by atoms with E-state index in [-0.39, 0.29) is 36.0 Å². The second kappa shape index (κ2) is 13.6. The zero-order valence-corrected chi connectivity index (χ0v) is 23.0. The van der Waals surface area contributed by atoms with Crippen molar-refractivity contribution in [3.05, 3.63) is 86.4 Å². The van der Waals surface area contributed by atoms with Crippen LogP contribution in [0.3, 0.4) is 0 Å². The maximum Gasteiger partial charge on any atom is 0.294 e. The Hall–Kier alpha value is -3.07. The summed E-state index contributed by atoms with van der Waals surface area (Å²) in [6, 6.07) is 15.4. The highest BCUT2D eigenvalue weighted by atomic mass is 35.5. The Morgan fingerprint density at radius 2 is 1.89 bits per heavy atom. The average Bonchev–Trinajstić information content (AvgIpc) is 2.90. The minimum Gasteiger partial charge on any atom is -0.493 e. The standard InChI is InChI=1S/C28H33Cl2N5O3/c1-34-12-6-3-7-13-38-24-11-10-22(29)15-21(24)16-31-26(36)19-35-25(30)17-32-27(28(35)37)33-23(18-34)14-20-8-4-2-5-9-20/h2,4-5,8-11,15,17,23H,3,6-7,12-14,16,18-19H2,1H3,(H,31,36)(H,32,33)/t23-/m0/s1. The highest BCUT2D eigenvalue weighted by molar-refractivity contribution is 6.30. The maximum atomic E-state index is 13.3. The minimum absolute atomic E-state index is 0.0734. The first-order chi connectivity index (χ1) is 18.4. The van der Waals surface area contributed by atoms with E-state index < -0.39 is 5.56 Å². The van der Waals surface area contributed by atoms with E-state index in [0.717, 1.165) is 36.9 Å². The predicted molar refractivity (Wildman–Crippen MR) is 151 cm³/mol. The van der Waals surface area contributed by atoms with Crippen LogP contribution in [-0.4, -0.2) is 53.1 Å². The van der Waals surface area contributed by atoms with Crippen LogP contribution in [0.5, 0.6) is 5.75 Å². The molecule has 8 nitrogen and oxygen atoms in total. The van der Waals surface area contributed by atoms with E-state index in [0.29, 0.717) is 30.3 Å². The Kier molecular flexibility index (Phi) is 10.0. The highest BCUT2D eigenvalue weighted by Crippen LogP contribution is 2.23. The molecule has 10 heteroatoms. The summed E-state index contributed by atoms with van der Waals surface area (Å²) < 4.78 is 7.23. The van der Waals surface area contributed by atoms with E-state index >= 15 is 0 Å². The summed E-state index contributed by atoms with van der Waals surface area (Å²) in [5.41, 5.74) is 1.48. The third-order valence-corrected chi connectivity index (χ3v) is 6.98. The van der Waals surface area contributed by atoms with Crippen LogP contribution in [0.1, 0.15) is 30.4 Å². The Balaban J connectivity index is 1.59. The lowest BCUT2D eigenvalue weighted by molar-refractivity contribution is -0.121. The van der Waals surface area contributed by atoms with Gasteiger partial charge in [0, 0.05) is 29.7 Å². The van der Waals surface area contributed by atoms with Gasteiger partial charge in [0.1, 0.15) is 17.4 Å². The molecule has 2 bridgehead atoms. The SMILES string of the molecule is CN1CCCCCOc2ccc(Cl)cc2CNC(=O)Cn2c(Cl)cnc(c2=O)N[C@@H](Cc2ccccc2)C1. The molecule has 0 radical (unpaired) electrons. The number of benzene rings is 2. The summed E-state index contributed by atoms with van der Waals surface area (Å²) in [5.74, 6) is 0.481. The number of nitrogens with one attached hydrogen (secondary N) is 2. The Morgan fingerprint density at radius 3 is 2.71 bits per heavy atom. The maximum absolute atomic E-state index is 13.3. The zero-order valence-electron chi connectivity index (χ0n) is 21.5. The van der Waals surface area contributed by atoms with Crippen molar-refractivity contribution >= 4 is 34.9 Å². The molecule has 2 aromatic carbocycles. The van der Waals surface area contributed by atoms with Crippen molar-refractivity contribution in [1.82, 2.24) is 19.8 Å². The van der Waals surface area contributed by atoms with E-state index in [9.17, 15) is 9.59 Å². The number of hydrogen-bond donors (Lipinski definition) is 2. The first-order valence-electron chi connectivity index (χ1n) is 12.8. The number of hydrogen-bond acceptors (Lipinski definition) is 6. The monoisotopic (exact) mass is 557 g/mol. The fraction of sp³-hybridized carbons (Fsp3) is 0.393. The molecule has 4 rings (SSSR count). The second-order valence-electron chi connectivity index (χ2n) is 9.55. The number of anilines is 1. The molecule has 1 aliphatic rings. The molecule has 1 amide bonds. The van der Waals surface area contributed by atoms with E-state index in [2.05, 4.69) is 39.7 Å². The minimum atomic E-state index is -0.446. The number of rotatable bonds is 2. The number of fused-ring (bicyclic) bond motifs is 3. The first-order valence-corrected chi connectivity index (χ1v) is 13.6. The summed E-state index contributed by atoms with van der Waals surface area (Å²) >= 11 is 12.5. The number of nitrogens with zero attached hydrogens (tertiary/aromatic N) is 3. The van der Waals surface area contributed by atoms with E-state index in [4.69, 9.17) is 27.9 Å². The van der Waals surface area contributed by atoms with Crippen LogP contribution in [-0.2, 0) is 24.3 Å². The summed E-state index contributed by atoms with van der Waals surface area (Å²) in [6.45, 7) is 2.17. The van der Waals surface area contributed by atoms with Crippen LogP contribution in [0.2, 0.25) is 10.2 Å². The third kappa shape index (κ3) is 7.96. The van der Waals surface area contributed by atoms with E-state index in [1.807, 2.05) is 24.3 Å². The largest absolute Gasteiger partial charge is 0.493 e. The van der Waals surface area contributed by atoms with Gasteiger partial charge >= 0.3 is 0 Å². The van der Waals surface area contributed by atoms with E-state index in [1.54, 1.807) is 12.1 Å². The number of halogens is 2. The smallest absolute Gasteiger partial charge is 0.294 e. The summed E-state index contributed by atoms with van der Waals surface area (Å²) in [5, 5.41) is 6.82. The van der Waals surface area contributed by atoms with Crippen LogP contribution in [0.25, 0.3) is 0 Å². The lowest BCUT2D eigenvalue weighted by atomic mass is 10.1. The van der Waals surface area contributed by atoms with Gasteiger partial charge in [-0.2, -0.15) is 0 Å². The van der Waals surface area contributed by atoms with Crippen molar-refractivity contribution in [3.8, 4) is 5.75 Å². The van der Waals surface area contributed by atoms with Crippen molar-refractivity contribution in [2.45, 2.75) is 44.8 Å². The summed E-state index contributed by atoms with van der Waals surface area (Å²) in [7, 11) is 2.08. The van der Waals surface area contributed by atoms with Gasteiger partial charge < -0.3 is 20.3 Å². The molecule has 0 saturated heterocycles. The number of amides is 1. The Morgan fingerprint density at radius 1 is 1.08 bits per heavy atom. The van der Waals surface area contributed by atoms with Gasteiger partial charge in [-0.05, 0) is 63.0 Å². The lowest BCUT2D eigenvalue weighted by Crippen LogP contribution is -2.40. The Bertz CT molecular complexity index is 1290. The number of likely N-dealkylation sites (N-methyl/N-ethyl adjacent to an activating group) is 1. The van der Waals surface area contributed by atoms with Gasteiger partial charge in [0.05, 0.1) is 12.8 Å². The number of aromatic nitrogens is 2. The third-order valence-electron chi connectivity index (χ3n) is 6.45. The normalized spacial score (nSPS) is 18.1. The average molecular weight is 559 g/mol. The van der Waals surface area contributed by atoms with Gasteiger partial charge in [-0.15, -0.1) is 0 Å². The number of carbonyl (C=O) groups is 1. The second-order valence-corrected chi connectivity index (χ2v) is 10.4. The molecule has 2 N–H and O–H groups in total. The topological polar surface area (TPSA) is 88.5 Å². The highest BCUT2D eigenvalue weighted by Gasteiger charge is 2.19. The molecular weight excluding hydrogens is 525 g/mol. The van der Waals surface area contributed by atoms with Crippen molar-refractivity contribution in [1.29, 1.82) is 0 Å². The molecule has 1 aromatic heterocycles. The van der Waals surface area contributed by atoms with Crippen molar-refractivity contribution < 1.29 is 9.53 Å². The molecule has 0 spiro atoms. The molecule has 3 aromatic rings. The molecule has 202 valence electrons. The van der Waals surface area contributed by atoms with Crippen LogP contribution in [0.4, 0.5) is 5.82 Å². The zero-order chi connectivity index (χ0) is 26.9. The summed E-state index contributed by atoms with van der Waals surface area (Å²) in [6.07, 6.45) is 5.06.